The summed E-state index contributed by atoms with van der Waals surface area (Å²) in [5.74, 6) is -0.0862. The molecule has 0 aromatic heterocycles. The van der Waals surface area contributed by atoms with Crippen LogP contribution in [0.25, 0.3) is 0 Å². The van der Waals surface area contributed by atoms with Gasteiger partial charge in [-0.1, -0.05) is 24.6 Å². The standard InChI is InChI=1S/C14H19ClFNO2S/c1-2-6-17-14(11-5-7-20(18,19)9-11)10-3-4-12(15)13(16)8-10/h3-4,8,11,14,17H,2,5-7,9H2,1H3. The average molecular weight is 320 g/mol. The highest BCUT2D eigenvalue weighted by molar-refractivity contribution is 7.91. The van der Waals surface area contributed by atoms with Crippen LogP contribution in [0.1, 0.15) is 31.4 Å². The van der Waals surface area contributed by atoms with Crippen LogP contribution in [-0.4, -0.2) is 26.5 Å². The molecule has 6 heteroatoms. The molecule has 3 nitrogen and oxygen atoms in total. The van der Waals surface area contributed by atoms with Crippen LogP contribution in [0, 0.1) is 11.7 Å². The van der Waals surface area contributed by atoms with Crippen molar-refractivity contribution in [2.75, 3.05) is 18.1 Å². The summed E-state index contributed by atoms with van der Waals surface area (Å²) in [6, 6.07) is 4.56. The van der Waals surface area contributed by atoms with E-state index in [-0.39, 0.29) is 28.5 Å². The van der Waals surface area contributed by atoms with Gasteiger partial charge in [-0.2, -0.15) is 0 Å². The van der Waals surface area contributed by atoms with Crippen molar-refractivity contribution in [3.63, 3.8) is 0 Å². The molecule has 0 radical (unpaired) electrons. The molecule has 1 aromatic carbocycles. The van der Waals surface area contributed by atoms with Gasteiger partial charge in [-0.3, -0.25) is 0 Å². The highest BCUT2D eigenvalue weighted by Gasteiger charge is 2.34. The van der Waals surface area contributed by atoms with Crippen LogP contribution in [0.3, 0.4) is 0 Å². The van der Waals surface area contributed by atoms with Crippen molar-refractivity contribution in [1.82, 2.24) is 5.32 Å². The minimum atomic E-state index is -2.95. The first kappa shape index (κ1) is 15.7. The molecule has 0 amide bonds. The fourth-order valence-corrected chi connectivity index (χ4v) is 4.61. The zero-order valence-electron chi connectivity index (χ0n) is 11.4. The molecule has 0 saturated carbocycles. The summed E-state index contributed by atoms with van der Waals surface area (Å²) in [4.78, 5) is 0. The van der Waals surface area contributed by atoms with E-state index in [4.69, 9.17) is 11.6 Å². The molecule has 1 aliphatic rings. The summed E-state index contributed by atoms with van der Waals surface area (Å²) in [6.45, 7) is 2.81. The minimum absolute atomic E-state index is 0.00729. The van der Waals surface area contributed by atoms with Gasteiger partial charge in [0.05, 0.1) is 16.5 Å². The van der Waals surface area contributed by atoms with E-state index in [1.807, 2.05) is 6.92 Å². The van der Waals surface area contributed by atoms with Gasteiger partial charge in [0, 0.05) is 6.04 Å². The second-order valence-electron chi connectivity index (χ2n) is 5.27. The molecule has 2 atom stereocenters. The first-order valence-electron chi connectivity index (χ1n) is 6.81. The zero-order valence-corrected chi connectivity index (χ0v) is 13.0. The second kappa shape index (κ2) is 6.41. The Labute approximate surface area is 124 Å². The van der Waals surface area contributed by atoms with Crippen LogP contribution in [-0.2, 0) is 9.84 Å². The minimum Gasteiger partial charge on any atom is -0.310 e. The van der Waals surface area contributed by atoms with Crippen molar-refractivity contribution in [2.45, 2.75) is 25.8 Å². The van der Waals surface area contributed by atoms with Gasteiger partial charge in [-0.25, -0.2) is 12.8 Å². The van der Waals surface area contributed by atoms with E-state index in [0.29, 0.717) is 6.42 Å². The summed E-state index contributed by atoms with van der Waals surface area (Å²) in [6.07, 6.45) is 1.56. The summed E-state index contributed by atoms with van der Waals surface area (Å²) < 4.78 is 36.9. The third-order valence-corrected chi connectivity index (χ3v) is 5.76. The summed E-state index contributed by atoms with van der Waals surface area (Å²) in [7, 11) is -2.95. The molecular weight excluding hydrogens is 301 g/mol. The van der Waals surface area contributed by atoms with Crippen molar-refractivity contribution >= 4 is 21.4 Å². The number of halogens is 2. The molecule has 1 N–H and O–H groups in total. The molecule has 20 heavy (non-hydrogen) atoms. The smallest absolute Gasteiger partial charge is 0.150 e. The first-order chi connectivity index (χ1) is 9.43. The van der Waals surface area contributed by atoms with Crippen molar-refractivity contribution in [3.8, 4) is 0 Å². The van der Waals surface area contributed by atoms with Gasteiger partial charge >= 0.3 is 0 Å². The molecule has 1 aromatic rings. The molecule has 112 valence electrons. The average Bonchev–Trinajstić information content (AvgIpc) is 2.74. The Morgan fingerprint density at radius 3 is 2.80 bits per heavy atom. The molecular formula is C14H19ClFNO2S. The van der Waals surface area contributed by atoms with Crippen molar-refractivity contribution < 1.29 is 12.8 Å². The molecule has 0 spiro atoms. The molecule has 1 saturated heterocycles. The van der Waals surface area contributed by atoms with E-state index in [1.54, 1.807) is 6.07 Å². The molecule has 1 fully saturated rings. The Balaban J connectivity index is 2.25. The van der Waals surface area contributed by atoms with Gasteiger partial charge in [0.2, 0.25) is 0 Å². The van der Waals surface area contributed by atoms with Crippen molar-refractivity contribution in [1.29, 1.82) is 0 Å². The third-order valence-electron chi connectivity index (χ3n) is 3.66. The Hall–Kier alpha value is -0.650. The van der Waals surface area contributed by atoms with Gasteiger partial charge in [0.25, 0.3) is 0 Å². The highest BCUT2D eigenvalue weighted by atomic mass is 35.5. The number of hydrogen-bond acceptors (Lipinski definition) is 3. The van der Waals surface area contributed by atoms with E-state index in [1.165, 1.54) is 12.1 Å². The normalized spacial score (nSPS) is 22.9. The predicted molar refractivity (Wildman–Crippen MR) is 79.2 cm³/mol. The monoisotopic (exact) mass is 319 g/mol. The van der Waals surface area contributed by atoms with Crippen LogP contribution < -0.4 is 5.32 Å². The van der Waals surface area contributed by atoms with Crippen LogP contribution in [0.15, 0.2) is 18.2 Å². The van der Waals surface area contributed by atoms with E-state index < -0.39 is 15.7 Å². The maximum Gasteiger partial charge on any atom is 0.150 e. The number of rotatable bonds is 5. The fourth-order valence-electron chi connectivity index (χ4n) is 2.65. The third kappa shape index (κ3) is 3.71. The van der Waals surface area contributed by atoms with E-state index in [0.717, 1.165) is 18.5 Å². The van der Waals surface area contributed by atoms with Gasteiger partial charge in [-0.15, -0.1) is 0 Å². The van der Waals surface area contributed by atoms with Crippen molar-refractivity contribution in [2.24, 2.45) is 5.92 Å². The molecule has 0 bridgehead atoms. The van der Waals surface area contributed by atoms with Crippen LogP contribution in [0.5, 0.6) is 0 Å². The highest BCUT2D eigenvalue weighted by Crippen LogP contribution is 2.32. The lowest BCUT2D eigenvalue weighted by Gasteiger charge is -2.24. The van der Waals surface area contributed by atoms with E-state index in [2.05, 4.69) is 5.32 Å². The summed E-state index contributed by atoms with van der Waals surface area (Å²) in [5, 5.41) is 3.42. The maximum absolute atomic E-state index is 13.6. The second-order valence-corrected chi connectivity index (χ2v) is 7.90. The van der Waals surface area contributed by atoms with E-state index in [9.17, 15) is 12.8 Å². The van der Waals surface area contributed by atoms with E-state index >= 15 is 0 Å². The SMILES string of the molecule is CCCNC(c1ccc(Cl)c(F)c1)C1CCS(=O)(=O)C1. The molecule has 1 heterocycles. The number of benzene rings is 1. The van der Waals surface area contributed by atoms with Gasteiger partial charge in [0.15, 0.2) is 9.84 Å². The van der Waals surface area contributed by atoms with Gasteiger partial charge < -0.3 is 5.32 Å². The quantitative estimate of drug-likeness (QED) is 0.907. The van der Waals surface area contributed by atoms with Gasteiger partial charge in [0.1, 0.15) is 5.82 Å². The van der Waals surface area contributed by atoms with Crippen molar-refractivity contribution in [3.05, 3.63) is 34.6 Å². The zero-order chi connectivity index (χ0) is 14.8. The summed E-state index contributed by atoms with van der Waals surface area (Å²) >= 11 is 5.70. The van der Waals surface area contributed by atoms with Crippen LogP contribution in [0.2, 0.25) is 5.02 Å². The Morgan fingerprint density at radius 2 is 2.25 bits per heavy atom. The molecule has 2 rings (SSSR count). The number of nitrogens with one attached hydrogen (secondary N) is 1. The maximum atomic E-state index is 13.6. The fraction of sp³-hybridized carbons (Fsp3) is 0.571. The van der Waals surface area contributed by atoms with Gasteiger partial charge in [-0.05, 0) is 43.0 Å². The lowest BCUT2D eigenvalue weighted by molar-refractivity contribution is 0.391. The first-order valence-corrected chi connectivity index (χ1v) is 9.01. The number of sulfone groups is 1. The molecule has 0 aliphatic carbocycles. The number of hydrogen-bond donors (Lipinski definition) is 1. The predicted octanol–water partition coefficient (Wildman–Crippen LogP) is 2.95. The lowest BCUT2D eigenvalue weighted by Crippen LogP contribution is -2.30. The summed E-state index contributed by atoms with van der Waals surface area (Å²) in [5.41, 5.74) is 0.766. The molecule has 2 unspecified atom stereocenters. The van der Waals surface area contributed by atoms with Crippen LogP contribution in [0.4, 0.5) is 4.39 Å². The Bertz CT molecular complexity index is 577. The Morgan fingerprint density at radius 1 is 1.50 bits per heavy atom. The van der Waals surface area contributed by atoms with Crippen LogP contribution >= 0.6 is 11.6 Å². The Kier molecular flexibility index (Phi) is 5.04. The topological polar surface area (TPSA) is 46.2 Å². The lowest BCUT2D eigenvalue weighted by atomic mass is 9.92. The largest absolute Gasteiger partial charge is 0.310 e. The molecule has 1 aliphatic heterocycles.